The van der Waals surface area contributed by atoms with Gasteiger partial charge < -0.3 is 5.32 Å². The van der Waals surface area contributed by atoms with Crippen molar-refractivity contribution in [3.63, 3.8) is 0 Å². The fraction of sp³-hybridized carbons (Fsp3) is 0.200. The molecule has 0 radical (unpaired) electrons. The van der Waals surface area contributed by atoms with Crippen LogP contribution in [0.3, 0.4) is 0 Å². The molecule has 4 rings (SSSR count). The van der Waals surface area contributed by atoms with Gasteiger partial charge in [-0.1, -0.05) is 0 Å². The van der Waals surface area contributed by atoms with Gasteiger partial charge in [0.1, 0.15) is 30.0 Å². The van der Waals surface area contributed by atoms with Crippen molar-refractivity contribution in [2.75, 3.05) is 5.32 Å². The summed E-state index contributed by atoms with van der Waals surface area (Å²) in [5.74, 6) is 1.30. The van der Waals surface area contributed by atoms with Crippen LogP contribution in [-0.2, 0) is 0 Å². The molecule has 0 aliphatic heterocycles. The Balaban J connectivity index is 1.49. The number of hydrogen-bond acceptors (Lipinski definition) is 6. The van der Waals surface area contributed by atoms with E-state index >= 15 is 0 Å². The maximum absolute atomic E-state index is 12.3. The molecule has 0 spiro atoms. The van der Waals surface area contributed by atoms with Gasteiger partial charge in [0.05, 0.1) is 11.9 Å². The smallest absolute Gasteiger partial charge is 0.275 e. The highest BCUT2D eigenvalue weighted by Crippen LogP contribution is 2.37. The number of rotatable bonds is 4. The van der Waals surface area contributed by atoms with Gasteiger partial charge in [0.2, 0.25) is 0 Å². The van der Waals surface area contributed by atoms with Crippen molar-refractivity contribution >= 4 is 11.7 Å². The SMILES string of the molecule is O=C(Nc1ccc(-n2cncn2)cn1)c1ccnc(C2CC2)n1. The Bertz CT molecular complexity index is 825. The Hall–Kier alpha value is -3.16. The molecule has 0 bridgehead atoms. The second-order valence-corrected chi connectivity index (χ2v) is 5.27. The second kappa shape index (κ2) is 5.56. The van der Waals surface area contributed by atoms with Crippen LogP contribution in [0.15, 0.2) is 43.2 Å². The first-order valence-corrected chi connectivity index (χ1v) is 7.25. The van der Waals surface area contributed by atoms with E-state index in [0.717, 1.165) is 24.4 Å². The lowest BCUT2D eigenvalue weighted by Gasteiger charge is -2.06. The lowest BCUT2D eigenvalue weighted by molar-refractivity contribution is 0.102. The van der Waals surface area contributed by atoms with Crippen LogP contribution in [0.5, 0.6) is 0 Å². The molecular formula is C15H13N7O. The zero-order valence-electron chi connectivity index (χ0n) is 12.1. The summed E-state index contributed by atoms with van der Waals surface area (Å²) in [4.78, 5) is 28.9. The van der Waals surface area contributed by atoms with E-state index in [1.54, 1.807) is 41.6 Å². The van der Waals surface area contributed by atoms with Crippen molar-refractivity contribution in [2.45, 2.75) is 18.8 Å². The molecule has 8 nitrogen and oxygen atoms in total. The number of carbonyl (C=O) groups excluding carboxylic acids is 1. The Kier molecular flexibility index (Phi) is 3.26. The van der Waals surface area contributed by atoms with Crippen LogP contribution in [-0.4, -0.2) is 35.6 Å². The molecule has 8 heteroatoms. The number of nitrogens with one attached hydrogen (secondary N) is 1. The quantitative estimate of drug-likeness (QED) is 0.785. The normalized spacial score (nSPS) is 13.7. The minimum Gasteiger partial charge on any atom is -0.305 e. The van der Waals surface area contributed by atoms with Crippen LogP contribution in [0, 0.1) is 0 Å². The van der Waals surface area contributed by atoms with Gasteiger partial charge in [0.15, 0.2) is 0 Å². The van der Waals surface area contributed by atoms with E-state index in [1.165, 1.54) is 6.33 Å². The van der Waals surface area contributed by atoms with E-state index in [1.807, 2.05) is 0 Å². The molecule has 1 N–H and O–H groups in total. The highest BCUT2D eigenvalue weighted by Gasteiger charge is 2.27. The molecule has 0 atom stereocenters. The van der Waals surface area contributed by atoms with Gasteiger partial charge in [-0.05, 0) is 31.0 Å². The highest BCUT2D eigenvalue weighted by molar-refractivity contribution is 6.02. The van der Waals surface area contributed by atoms with Crippen molar-refractivity contribution in [1.29, 1.82) is 0 Å². The van der Waals surface area contributed by atoms with Gasteiger partial charge >= 0.3 is 0 Å². The van der Waals surface area contributed by atoms with Crippen LogP contribution in [0.4, 0.5) is 5.82 Å². The summed E-state index contributed by atoms with van der Waals surface area (Å²) >= 11 is 0. The van der Waals surface area contributed by atoms with Gasteiger partial charge in [-0.2, -0.15) is 5.10 Å². The predicted molar refractivity (Wildman–Crippen MR) is 81.1 cm³/mol. The van der Waals surface area contributed by atoms with Gasteiger partial charge in [-0.3, -0.25) is 4.79 Å². The Labute approximate surface area is 131 Å². The molecule has 1 fully saturated rings. The fourth-order valence-corrected chi connectivity index (χ4v) is 2.16. The number of hydrogen-bond donors (Lipinski definition) is 1. The van der Waals surface area contributed by atoms with Gasteiger partial charge in [-0.15, -0.1) is 0 Å². The molecule has 0 unspecified atom stereocenters. The summed E-state index contributed by atoms with van der Waals surface area (Å²) in [6, 6.07) is 5.11. The molecule has 0 saturated heterocycles. The molecule has 3 aromatic heterocycles. The van der Waals surface area contributed by atoms with E-state index in [2.05, 4.69) is 30.4 Å². The minimum absolute atomic E-state index is 0.296. The average molecular weight is 307 g/mol. The lowest BCUT2D eigenvalue weighted by Crippen LogP contribution is -2.15. The summed E-state index contributed by atoms with van der Waals surface area (Å²) in [6.07, 6.45) is 8.45. The van der Waals surface area contributed by atoms with Crippen LogP contribution in [0.1, 0.15) is 35.1 Å². The molecule has 0 aromatic carbocycles. The largest absolute Gasteiger partial charge is 0.305 e. The van der Waals surface area contributed by atoms with Crippen molar-refractivity contribution in [1.82, 2.24) is 29.7 Å². The van der Waals surface area contributed by atoms with Crippen molar-refractivity contribution < 1.29 is 4.79 Å². The maximum atomic E-state index is 12.3. The standard InChI is InChI=1S/C15H13N7O/c23-15(12-5-6-17-14(20-12)10-1-2-10)21-13-4-3-11(7-18-13)22-9-16-8-19-22/h3-10H,1-2H2,(H,18,21,23). The molecule has 23 heavy (non-hydrogen) atoms. The Morgan fingerprint density at radius 2 is 2.13 bits per heavy atom. The molecule has 1 amide bonds. The van der Waals surface area contributed by atoms with E-state index in [4.69, 9.17) is 0 Å². The zero-order valence-corrected chi connectivity index (χ0v) is 12.1. The van der Waals surface area contributed by atoms with E-state index in [9.17, 15) is 4.79 Å². The summed E-state index contributed by atoms with van der Waals surface area (Å²) in [7, 11) is 0. The molecule has 1 aliphatic carbocycles. The number of amides is 1. The van der Waals surface area contributed by atoms with Crippen LogP contribution in [0.25, 0.3) is 5.69 Å². The fourth-order valence-electron chi connectivity index (χ4n) is 2.16. The van der Waals surface area contributed by atoms with Crippen LogP contribution >= 0.6 is 0 Å². The third-order valence-corrected chi connectivity index (χ3v) is 3.52. The third-order valence-electron chi connectivity index (χ3n) is 3.52. The number of nitrogens with zero attached hydrogens (tertiary/aromatic N) is 6. The van der Waals surface area contributed by atoms with Crippen molar-refractivity contribution in [2.24, 2.45) is 0 Å². The van der Waals surface area contributed by atoms with E-state index in [0.29, 0.717) is 17.4 Å². The van der Waals surface area contributed by atoms with Crippen LogP contribution in [0.2, 0.25) is 0 Å². The predicted octanol–water partition coefficient (Wildman–Crippen LogP) is 1.58. The summed E-state index contributed by atoms with van der Waals surface area (Å²) < 4.78 is 1.59. The topological polar surface area (TPSA) is 98.5 Å². The number of aromatic nitrogens is 6. The Morgan fingerprint density at radius 3 is 2.83 bits per heavy atom. The number of pyridine rings is 1. The van der Waals surface area contributed by atoms with Gasteiger partial charge in [0.25, 0.3) is 5.91 Å². The first-order valence-electron chi connectivity index (χ1n) is 7.25. The summed E-state index contributed by atoms with van der Waals surface area (Å²) in [5.41, 5.74) is 1.11. The first-order chi connectivity index (χ1) is 11.3. The monoisotopic (exact) mass is 307 g/mol. The number of anilines is 1. The first kappa shape index (κ1) is 13.5. The molecule has 3 aromatic rings. The summed E-state index contributed by atoms with van der Waals surface area (Å²) in [5, 5.41) is 6.75. The van der Waals surface area contributed by atoms with Crippen LogP contribution < -0.4 is 5.32 Å². The third kappa shape index (κ3) is 2.91. The zero-order chi connectivity index (χ0) is 15.6. The number of carbonyl (C=O) groups is 1. The molecule has 1 saturated carbocycles. The Morgan fingerprint density at radius 1 is 1.22 bits per heavy atom. The minimum atomic E-state index is -0.296. The molecule has 3 heterocycles. The van der Waals surface area contributed by atoms with E-state index < -0.39 is 0 Å². The van der Waals surface area contributed by atoms with E-state index in [-0.39, 0.29) is 5.91 Å². The molecular weight excluding hydrogens is 294 g/mol. The second-order valence-electron chi connectivity index (χ2n) is 5.27. The van der Waals surface area contributed by atoms with Gasteiger partial charge in [-0.25, -0.2) is 24.6 Å². The van der Waals surface area contributed by atoms with Gasteiger partial charge in [0, 0.05) is 12.1 Å². The lowest BCUT2D eigenvalue weighted by atomic mass is 10.3. The van der Waals surface area contributed by atoms with Crippen molar-refractivity contribution in [3.8, 4) is 5.69 Å². The van der Waals surface area contributed by atoms with Crippen molar-refractivity contribution in [3.05, 3.63) is 54.8 Å². The molecule has 114 valence electrons. The maximum Gasteiger partial charge on any atom is 0.275 e. The highest BCUT2D eigenvalue weighted by atomic mass is 16.1. The molecule has 1 aliphatic rings. The average Bonchev–Trinajstić information content (AvgIpc) is 3.30. The summed E-state index contributed by atoms with van der Waals surface area (Å²) in [6.45, 7) is 0.